The fourth-order valence-electron chi connectivity index (χ4n) is 3.04. The summed E-state index contributed by atoms with van der Waals surface area (Å²) < 4.78 is 1.78. The van der Waals surface area contributed by atoms with Crippen molar-refractivity contribution in [2.24, 2.45) is 0 Å². The van der Waals surface area contributed by atoms with Crippen molar-refractivity contribution in [3.8, 4) is 5.69 Å². The molecule has 0 amide bonds. The molecule has 132 valence electrons. The van der Waals surface area contributed by atoms with Crippen LogP contribution in [0.2, 0.25) is 0 Å². The fraction of sp³-hybridized carbons (Fsp3) is 0.238. The molecule has 0 N–H and O–H groups in total. The third-order valence-corrected chi connectivity index (χ3v) is 6.73. The van der Waals surface area contributed by atoms with Crippen LogP contribution in [0.1, 0.15) is 29.0 Å². The van der Waals surface area contributed by atoms with Crippen molar-refractivity contribution in [3.63, 3.8) is 0 Å². The van der Waals surface area contributed by atoms with Gasteiger partial charge in [0, 0.05) is 17.4 Å². The molecule has 26 heavy (non-hydrogen) atoms. The van der Waals surface area contributed by atoms with Gasteiger partial charge in [-0.05, 0) is 31.5 Å². The zero-order valence-corrected chi connectivity index (χ0v) is 16.4. The first kappa shape index (κ1) is 17.4. The van der Waals surface area contributed by atoms with Crippen LogP contribution >= 0.6 is 23.5 Å². The maximum Gasteiger partial charge on any atom is 0.272 e. The van der Waals surface area contributed by atoms with E-state index in [-0.39, 0.29) is 10.8 Å². The Labute approximate surface area is 161 Å². The van der Waals surface area contributed by atoms with Crippen LogP contribution in [-0.4, -0.2) is 15.3 Å². The van der Waals surface area contributed by atoms with E-state index in [1.165, 1.54) is 11.1 Å². The Kier molecular flexibility index (Phi) is 4.92. The van der Waals surface area contributed by atoms with Gasteiger partial charge in [0.1, 0.15) is 0 Å². The van der Waals surface area contributed by atoms with E-state index < -0.39 is 0 Å². The molecule has 1 aromatic heterocycles. The summed E-state index contributed by atoms with van der Waals surface area (Å²) in [6.45, 7) is 4.21. The largest absolute Gasteiger partial charge is 0.272 e. The van der Waals surface area contributed by atoms with Gasteiger partial charge >= 0.3 is 0 Å². The Bertz CT molecular complexity index is 981. The normalized spacial score (nSPS) is 14.2. The second-order valence-corrected chi connectivity index (χ2v) is 8.83. The smallest absolute Gasteiger partial charge is 0.268 e. The molecular weight excluding hydrogens is 360 g/mol. The first-order chi connectivity index (χ1) is 12.6. The third kappa shape index (κ3) is 3.33. The number of aryl methyl sites for hydroxylation is 2. The van der Waals surface area contributed by atoms with Crippen molar-refractivity contribution in [1.29, 1.82) is 0 Å². The number of aromatic nitrogens is 2. The summed E-state index contributed by atoms with van der Waals surface area (Å²) in [5.74, 6) is 0.938. The number of fused-ring (bicyclic) bond motifs is 1. The molecule has 0 bridgehead atoms. The molecule has 4 rings (SSSR count). The van der Waals surface area contributed by atoms with Gasteiger partial charge in [0.2, 0.25) is 0 Å². The summed E-state index contributed by atoms with van der Waals surface area (Å²) in [4.78, 5) is 18.9. The third-order valence-electron chi connectivity index (χ3n) is 4.51. The zero-order valence-electron chi connectivity index (χ0n) is 14.8. The van der Waals surface area contributed by atoms with Crippen molar-refractivity contribution in [2.45, 2.75) is 35.6 Å². The highest BCUT2D eigenvalue weighted by molar-refractivity contribution is 7.99. The molecule has 2 aromatic carbocycles. The lowest BCUT2D eigenvalue weighted by Gasteiger charge is -2.17. The van der Waals surface area contributed by atoms with E-state index in [9.17, 15) is 4.79 Å². The Morgan fingerprint density at radius 1 is 1.12 bits per heavy atom. The van der Waals surface area contributed by atoms with Gasteiger partial charge in [-0.3, -0.25) is 9.36 Å². The van der Waals surface area contributed by atoms with Gasteiger partial charge in [0.15, 0.2) is 5.16 Å². The van der Waals surface area contributed by atoms with E-state index in [0.29, 0.717) is 0 Å². The Morgan fingerprint density at radius 3 is 2.58 bits per heavy atom. The second-order valence-electron chi connectivity index (χ2n) is 6.42. The van der Waals surface area contributed by atoms with E-state index in [1.807, 2.05) is 42.5 Å². The van der Waals surface area contributed by atoms with Gasteiger partial charge in [-0.1, -0.05) is 59.8 Å². The SMILES string of the molecule is Cc1ccc(-n2c(S[C@H](C)c3ccccc3)nc3c(c2=O)SCC3)cc1. The minimum atomic E-state index is 0.0594. The number of thioether (sulfide) groups is 2. The minimum absolute atomic E-state index is 0.0594. The van der Waals surface area contributed by atoms with Gasteiger partial charge < -0.3 is 0 Å². The summed E-state index contributed by atoms with van der Waals surface area (Å²) >= 11 is 3.27. The van der Waals surface area contributed by atoms with Gasteiger partial charge in [-0.25, -0.2) is 4.98 Å². The summed E-state index contributed by atoms with van der Waals surface area (Å²) in [6, 6.07) is 18.4. The van der Waals surface area contributed by atoms with E-state index in [1.54, 1.807) is 28.1 Å². The van der Waals surface area contributed by atoms with Crippen molar-refractivity contribution in [2.75, 3.05) is 5.75 Å². The average Bonchev–Trinajstić information content (AvgIpc) is 3.13. The molecule has 0 unspecified atom stereocenters. The van der Waals surface area contributed by atoms with Crippen LogP contribution < -0.4 is 5.56 Å². The van der Waals surface area contributed by atoms with Crippen molar-refractivity contribution < 1.29 is 0 Å². The molecular formula is C21H20N2OS2. The summed E-state index contributed by atoms with van der Waals surface area (Å²) in [7, 11) is 0. The lowest BCUT2D eigenvalue weighted by atomic mass is 10.2. The van der Waals surface area contributed by atoms with Crippen LogP contribution in [0, 0.1) is 6.92 Å². The number of hydrogen-bond donors (Lipinski definition) is 0. The molecule has 1 atom stereocenters. The number of benzene rings is 2. The van der Waals surface area contributed by atoms with Crippen LogP contribution in [0.4, 0.5) is 0 Å². The zero-order chi connectivity index (χ0) is 18.1. The molecule has 1 aliphatic rings. The lowest BCUT2D eigenvalue weighted by molar-refractivity contribution is 0.737. The highest BCUT2D eigenvalue weighted by Crippen LogP contribution is 2.36. The van der Waals surface area contributed by atoms with Crippen LogP contribution in [0.3, 0.4) is 0 Å². The van der Waals surface area contributed by atoms with Crippen molar-refractivity contribution >= 4 is 23.5 Å². The molecule has 0 radical (unpaired) electrons. The van der Waals surface area contributed by atoms with Gasteiger partial charge in [0.05, 0.1) is 16.3 Å². The molecule has 0 spiro atoms. The molecule has 0 aliphatic carbocycles. The molecule has 0 saturated carbocycles. The first-order valence-corrected chi connectivity index (χ1v) is 10.6. The number of hydrogen-bond acceptors (Lipinski definition) is 4. The summed E-state index contributed by atoms with van der Waals surface area (Å²) in [6.07, 6.45) is 0.872. The second kappa shape index (κ2) is 7.33. The highest BCUT2D eigenvalue weighted by atomic mass is 32.2. The summed E-state index contributed by atoms with van der Waals surface area (Å²) in [5.41, 5.74) is 4.30. The maximum atomic E-state index is 13.2. The quantitative estimate of drug-likeness (QED) is 0.469. The average molecular weight is 381 g/mol. The predicted octanol–water partition coefficient (Wildman–Crippen LogP) is 5.04. The lowest BCUT2D eigenvalue weighted by Crippen LogP contribution is -2.24. The molecule has 0 saturated heterocycles. The maximum absolute atomic E-state index is 13.2. The van der Waals surface area contributed by atoms with Crippen LogP contribution in [-0.2, 0) is 6.42 Å². The fourth-order valence-corrected chi connectivity index (χ4v) is 5.14. The van der Waals surface area contributed by atoms with Crippen molar-refractivity contribution in [1.82, 2.24) is 9.55 Å². The number of nitrogens with zero attached hydrogens (tertiary/aromatic N) is 2. The highest BCUT2D eigenvalue weighted by Gasteiger charge is 2.23. The van der Waals surface area contributed by atoms with E-state index in [2.05, 4.69) is 26.0 Å². The van der Waals surface area contributed by atoms with E-state index in [4.69, 9.17) is 4.98 Å². The van der Waals surface area contributed by atoms with Crippen LogP contribution in [0.25, 0.3) is 5.69 Å². The van der Waals surface area contributed by atoms with Crippen molar-refractivity contribution in [3.05, 3.63) is 81.8 Å². The van der Waals surface area contributed by atoms with E-state index in [0.717, 1.165) is 33.6 Å². The predicted molar refractivity (Wildman–Crippen MR) is 110 cm³/mol. The molecule has 3 nitrogen and oxygen atoms in total. The topological polar surface area (TPSA) is 34.9 Å². The van der Waals surface area contributed by atoms with Gasteiger partial charge in [0.25, 0.3) is 5.56 Å². The van der Waals surface area contributed by atoms with Crippen LogP contribution in [0.15, 0.2) is 69.4 Å². The molecule has 0 fully saturated rings. The molecule has 1 aliphatic heterocycles. The monoisotopic (exact) mass is 380 g/mol. The molecule has 2 heterocycles. The van der Waals surface area contributed by atoms with Gasteiger partial charge in [-0.15, -0.1) is 11.8 Å². The van der Waals surface area contributed by atoms with Gasteiger partial charge in [-0.2, -0.15) is 0 Å². The number of rotatable bonds is 4. The summed E-state index contributed by atoms with van der Waals surface area (Å²) in [5, 5.41) is 0.989. The molecule has 5 heteroatoms. The Morgan fingerprint density at radius 2 is 1.85 bits per heavy atom. The molecule has 3 aromatic rings. The first-order valence-electron chi connectivity index (χ1n) is 8.71. The standard InChI is InChI=1S/C21H20N2OS2/c1-14-8-10-17(11-9-14)23-20(24)19-18(12-13-25-19)22-21(23)26-15(2)16-6-4-3-5-7-16/h3-11,15H,12-13H2,1-2H3/t15-/m1/s1. The van der Waals surface area contributed by atoms with E-state index >= 15 is 0 Å². The Balaban J connectivity index is 1.81. The minimum Gasteiger partial charge on any atom is -0.268 e. The van der Waals surface area contributed by atoms with Crippen LogP contribution in [0.5, 0.6) is 0 Å². The Hall–Kier alpha value is -1.98.